The molecule has 104 valence electrons. The number of carbonyl (C=O) groups is 2. The van der Waals surface area contributed by atoms with Crippen LogP contribution in [0.15, 0.2) is 53.6 Å². The number of nitrogens with zero attached hydrogens (tertiary/aromatic N) is 2. The molecule has 0 aromatic heterocycles. The number of hydrogen-bond donors (Lipinski definition) is 0. The molecule has 2 aromatic rings. The Morgan fingerprint density at radius 3 is 2.19 bits per heavy atom. The topological polar surface area (TPSA) is 49.7 Å². The molecule has 1 amide bonds. The van der Waals surface area contributed by atoms with Gasteiger partial charge in [0.1, 0.15) is 5.71 Å². The first-order valence-electron chi connectivity index (χ1n) is 6.36. The molecule has 0 saturated heterocycles. The van der Waals surface area contributed by atoms with Crippen molar-refractivity contribution in [2.45, 2.75) is 6.92 Å². The number of benzene rings is 2. The Kier molecular flexibility index (Phi) is 3.31. The molecule has 5 heteroatoms. The molecule has 2 aromatic carbocycles. The highest BCUT2D eigenvalue weighted by Crippen LogP contribution is 2.22. The van der Waals surface area contributed by atoms with Gasteiger partial charge < -0.3 is 0 Å². The number of anilines is 1. The van der Waals surface area contributed by atoms with Crippen molar-refractivity contribution in [1.29, 1.82) is 0 Å². The smallest absolute Gasteiger partial charge is 0.281 e. The summed E-state index contributed by atoms with van der Waals surface area (Å²) in [5.41, 5.74) is 2.35. The minimum Gasteiger partial charge on any atom is -0.281 e. The monoisotopic (exact) mass is 298 g/mol. The summed E-state index contributed by atoms with van der Waals surface area (Å²) in [6.07, 6.45) is 0. The van der Waals surface area contributed by atoms with Crippen LogP contribution >= 0.6 is 11.6 Å². The van der Waals surface area contributed by atoms with Gasteiger partial charge in [0, 0.05) is 10.6 Å². The van der Waals surface area contributed by atoms with Crippen LogP contribution in [0.2, 0.25) is 5.02 Å². The molecule has 0 unspecified atom stereocenters. The molecule has 0 aliphatic carbocycles. The van der Waals surface area contributed by atoms with Gasteiger partial charge in [-0.15, -0.1) is 0 Å². The minimum absolute atomic E-state index is 0.136. The van der Waals surface area contributed by atoms with E-state index in [0.717, 1.165) is 10.6 Å². The Morgan fingerprint density at radius 1 is 0.952 bits per heavy atom. The third-order valence-electron chi connectivity index (χ3n) is 3.20. The number of hydrogen-bond acceptors (Lipinski definition) is 3. The van der Waals surface area contributed by atoms with E-state index in [1.165, 1.54) is 0 Å². The van der Waals surface area contributed by atoms with Gasteiger partial charge in [0.2, 0.25) is 0 Å². The molecule has 1 aliphatic heterocycles. The van der Waals surface area contributed by atoms with Gasteiger partial charge in [-0.25, -0.2) is 0 Å². The summed E-state index contributed by atoms with van der Waals surface area (Å²) in [7, 11) is 0. The summed E-state index contributed by atoms with van der Waals surface area (Å²) in [6, 6.07) is 13.9. The van der Waals surface area contributed by atoms with Gasteiger partial charge in [-0.2, -0.15) is 10.1 Å². The van der Waals surface area contributed by atoms with Gasteiger partial charge in [-0.05, 0) is 31.2 Å². The maximum absolute atomic E-state index is 12.1. The summed E-state index contributed by atoms with van der Waals surface area (Å²) >= 11 is 5.82. The van der Waals surface area contributed by atoms with E-state index >= 15 is 0 Å². The van der Waals surface area contributed by atoms with Crippen LogP contribution in [0.25, 0.3) is 0 Å². The van der Waals surface area contributed by atoms with E-state index in [2.05, 4.69) is 5.10 Å². The molecule has 0 atom stereocenters. The van der Waals surface area contributed by atoms with Gasteiger partial charge >= 0.3 is 5.91 Å². The predicted octanol–water partition coefficient (Wildman–Crippen LogP) is 2.97. The van der Waals surface area contributed by atoms with Crippen molar-refractivity contribution in [2.24, 2.45) is 5.10 Å². The number of rotatable bonds is 2. The van der Waals surface area contributed by atoms with E-state index in [1.807, 2.05) is 19.1 Å². The van der Waals surface area contributed by atoms with Crippen LogP contribution in [-0.4, -0.2) is 17.4 Å². The highest BCUT2D eigenvalue weighted by molar-refractivity contribution is 6.72. The van der Waals surface area contributed by atoms with E-state index in [4.69, 9.17) is 11.6 Å². The molecule has 0 fully saturated rings. The van der Waals surface area contributed by atoms with Crippen molar-refractivity contribution in [2.75, 3.05) is 5.01 Å². The minimum atomic E-state index is -0.649. The molecule has 0 N–H and O–H groups in total. The van der Waals surface area contributed by atoms with Crippen LogP contribution in [0.1, 0.15) is 11.1 Å². The Hall–Kier alpha value is -2.46. The predicted molar refractivity (Wildman–Crippen MR) is 81.7 cm³/mol. The van der Waals surface area contributed by atoms with E-state index in [0.29, 0.717) is 16.3 Å². The average molecular weight is 299 g/mol. The average Bonchev–Trinajstić information content (AvgIpc) is 2.78. The maximum Gasteiger partial charge on any atom is 0.321 e. The first-order valence-corrected chi connectivity index (χ1v) is 6.74. The molecule has 21 heavy (non-hydrogen) atoms. The van der Waals surface area contributed by atoms with Gasteiger partial charge in [0.15, 0.2) is 0 Å². The molecule has 0 radical (unpaired) electrons. The van der Waals surface area contributed by atoms with Crippen molar-refractivity contribution in [3.63, 3.8) is 0 Å². The molecule has 3 rings (SSSR count). The third kappa shape index (κ3) is 2.45. The van der Waals surface area contributed by atoms with Crippen molar-refractivity contribution in [3.8, 4) is 0 Å². The maximum atomic E-state index is 12.1. The molecule has 1 aliphatic rings. The summed E-state index contributed by atoms with van der Waals surface area (Å²) in [5.74, 6) is -1.26. The Morgan fingerprint density at radius 2 is 1.57 bits per heavy atom. The first-order chi connectivity index (χ1) is 10.1. The first kappa shape index (κ1) is 13.5. The molecular formula is C16H11ClN2O2. The van der Waals surface area contributed by atoms with Gasteiger partial charge in [0.25, 0.3) is 5.78 Å². The second-order valence-corrected chi connectivity index (χ2v) is 5.17. The largest absolute Gasteiger partial charge is 0.321 e. The van der Waals surface area contributed by atoms with Gasteiger partial charge in [-0.1, -0.05) is 41.4 Å². The fraction of sp³-hybridized carbons (Fsp3) is 0.0625. The van der Waals surface area contributed by atoms with Crippen LogP contribution in [-0.2, 0) is 9.59 Å². The Balaban J connectivity index is 2.00. The van der Waals surface area contributed by atoms with Crippen molar-refractivity contribution < 1.29 is 9.59 Å². The summed E-state index contributed by atoms with van der Waals surface area (Å²) in [4.78, 5) is 24.2. The lowest BCUT2D eigenvalue weighted by Gasteiger charge is -2.10. The number of carbonyl (C=O) groups excluding carboxylic acids is 2. The van der Waals surface area contributed by atoms with E-state index < -0.39 is 11.7 Å². The highest BCUT2D eigenvalue weighted by atomic mass is 35.5. The number of amides is 1. The molecule has 1 heterocycles. The molecular weight excluding hydrogens is 288 g/mol. The SMILES string of the molecule is Cc1ccc(N2N=C(c3ccc(Cl)cc3)C(=O)C2=O)cc1. The Labute approximate surface area is 126 Å². The van der Waals surface area contributed by atoms with E-state index in [-0.39, 0.29) is 5.71 Å². The van der Waals surface area contributed by atoms with Crippen LogP contribution in [0, 0.1) is 6.92 Å². The zero-order valence-corrected chi connectivity index (χ0v) is 12.0. The fourth-order valence-electron chi connectivity index (χ4n) is 2.05. The standard InChI is InChI=1S/C16H11ClN2O2/c1-10-2-8-13(9-3-10)19-16(21)15(20)14(18-19)11-4-6-12(17)7-5-11/h2-9H,1H3. The number of Topliss-reactive ketones (excluding diaryl/α,β-unsaturated/α-hetero) is 1. The van der Waals surface area contributed by atoms with Crippen LogP contribution in [0.5, 0.6) is 0 Å². The number of ketones is 1. The van der Waals surface area contributed by atoms with Crippen LogP contribution < -0.4 is 5.01 Å². The molecule has 0 saturated carbocycles. The number of hydrazone groups is 1. The zero-order chi connectivity index (χ0) is 15.0. The van der Waals surface area contributed by atoms with Crippen molar-refractivity contribution >= 4 is 34.7 Å². The Bertz CT molecular complexity index is 749. The van der Waals surface area contributed by atoms with Crippen LogP contribution in [0.3, 0.4) is 0 Å². The van der Waals surface area contributed by atoms with Gasteiger partial charge in [-0.3, -0.25) is 9.59 Å². The lowest BCUT2D eigenvalue weighted by molar-refractivity contribution is -0.131. The van der Waals surface area contributed by atoms with Crippen molar-refractivity contribution in [3.05, 3.63) is 64.7 Å². The lowest BCUT2D eigenvalue weighted by Crippen LogP contribution is -2.27. The summed E-state index contributed by atoms with van der Waals surface area (Å²) in [6.45, 7) is 1.95. The number of halogens is 1. The van der Waals surface area contributed by atoms with E-state index in [1.54, 1.807) is 36.4 Å². The zero-order valence-electron chi connectivity index (χ0n) is 11.2. The molecule has 4 nitrogen and oxygen atoms in total. The second kappa shape index (κ2) is 5.14. The molecule has 0 spiro atoms. The lowest BCUT2D eigenvalue weighted by atomic mass is 10.1. The second-order valence-electron chi connectivity index (χ2n) is 4.74. The molecule has 0 bridgehead atoms. The summed E-state index contributed by atoms with van der Waals surface area (Å²) in [5, 5.41) is 5.85. The van der Waals surface area contributed by atoms with Crippen LogP contribution in [0.4, 0.5) is 5.69 Å². The summed E-state index contributed by atoms with van der Waals surface area (Å²) < 4.78 is 0. The fourth-order valence-corrected chi connectivity index (χ4v) is 2.17. The normalized spacial score (nSPS) is 14.6. The highest BCUT2D eigenvalue weighted by Gasteiger charge is 2.35. The number of aryl methyl sites for hydroxylation is 1. The van der Waals surface area contributed by atoms with Gasteiger partial charge in [0.05, 0.1) is 5.69 Å². The third-order valence-corrected chi connectivity index (χ3v) is 3.45. The van der Waals surface area contributed by atoms with E-state index in [9.17, 15) is 9.59 Å². The van der Waals surface area contributed by atoms with Crippen molar-refractivity contribution in [1.82, 2.24) is 0 Å². The quantitative estimate of drug-likeness (QED) is 0.800.